The monoisotopic (exact) mass is 453 g/mol. The maximum Gasteiger partial charge on any atom is 0.338 e. The molecule has 0 aliphatic rings. The van der Waals surface area contributed by atoms with E-state index in [2.05, 4.69) is 29.6 Å². The molecule has 5 nitrogen and oxygen atoms in total. The number of hydrogen-bond acceptors (Lipinski definition) is 4. The Bertz CT molecular complexity index is 1280. The summed E-state index contributed by atoms with van der Waals surface area (Å²) in [5.74, 6) is -0.307. The first-order chi connectivity index (χ1) is 14.9. The summed E-state index contributed by atoms with van der Waals surface area (Å²) in [5, 5.41) is 6.31. The topological polar surface area (TPSA) is 49.1 Å². The van der Waals surface area contributed by atoms with E-state index in [1.807, 2.05) is 55.2 Å². The Kier molecular flexibility index (Phi) is 6.12. The number of nitrogens with zero attached hydrogens (tertiary/aromatic N) is 3. The van der Waals surface area contributed by atoms with Crippen molar-refractivity contribution in [2.45, 2.75) is 44.0 Å². The maximum atomic E-state index is 12.2. The zero-order chi connectivity index (χ0) is 22.1. The van der Waals surface area contributed by atoms with Gasteiger partial charge >= 0.3 is 5.97 Å². The lowest BCUT2D eigenvalue weighted by atomic mass is 10.1. The standard InChI is InChI=1S/C24H24ClN3O2S/c1-5-27-14-18(13-26-27)28-16(4)23(20-10-11-21(25)15(3)22(20)28)31-19-9-7-8-17(12-19)24(29)30-6-2/h7-14H,5-6H2,1-4H3. The van der Waals surface area contributed by atoms with Crippen molar-refractivity contribution in [3.8, 4) is 5.69 Å². The van der Waals surface area contributed by atoms with Gasteiger partial charge in [0.2, 0.25) is 0 Å². The number of rotatable bonds is 6. The molecule has 0 saturated heterocycles. The minimum absolute atomic E-state index is 0.307. The van der Waals surface area contributed by atoms with Crippen molar-refractivity contribution >= 4 is 40.2 Å². The summed E-state index contributed by atoms with van der Waals surface area (Å²) in [6.07, 6.45) is 3.93. The van der Waals surface area contributed by atoms with Crippen LogP contribution in [0.5, 0.6) is 0 Å². The van der Waals surface area contributed by atoms with Gasteiger partial charge < -0.3 is 9.30 Å². The van der Waals surface area contributed by atoms with Gasteiger partial charge in [0.1, 0.15) is 0 Å². The molecule has 4 aromatic rings. The smallest absolute Gasteiger partial charge is 0.338 e. The van der Waals surface area contributed by atoms with E-state index in [1.54, 1.807) is 17.8 Å². The molecular formula is C24H24ClN3O2S. The largest absolute Gasteiger partial charge is 0.462 e. The molecule has 31 heavy (non-hydrogen) atoms. The molecule has 2 aromatic heterocycles. The second-order valence-corrected chi connectivity index (χ2v) is 8.71. The number of halogens is 1. The normalized spacial score (nSPS) is 11.3. The fourth-order valence-electron chi connectivity index (χ4n) is 3.72. The van der Waals surface area contributed by atoms with Gasteiger partial charge in [0.15, 0.2) is 0 Å². The second-order valence-electron chi connectivity index (χ2n) is 7.22. The minimum atomic E-state index is -0.307. The number of ether oxygens (including phenoxy) is 1. The van der Waals surface area contributed by atoms with Crippen LogP contribution in [0.4, 0.5) is 0 Å². The van der Waals surface area contributed by atoms with E-state index >= 15 is 0 Å². The van der Waals surface area contributed by atoms with Crippen LogP contribution in [0, 0.1) is 13.8 Å². The molecular weight excluding hydrogens is 430 g/mol. The Morgan fingerprint density at radius 3 is 2.71 bits per heavy atom. The van der Waals surface area contributed by atoms with Gasteiger partial charge in [0, 0.05) is 38.6 Å². The maximum absolute atomic E-state index is 12.2. The second kappa shape index (κ2) is 8.81. The summed E-state index contributed by atoms with van der Waals surface area (Å²) in [5.41, 5.74) is 4.75. The summed E-state index contributed by atoms with van der Waals surface area (Å²) in [4.78, 5) is 14.3. The predicted molar refractivity (Wildman–Crippen MR) is 126 cm³/mol. The molecule has 0 aliphatic heterocycles. The van der Waals surface area contributed by atoms with Gasteiger partial charge in [-0.25, -0.2) is 4.79 Å². The number of carbonyl (C=O) groups excluding carboxylic acids is 1. The average Bonchev–Trinajstić information content (AvgIpc) is 3.34. The van der Waals surface area contributed by atoms with Crippen LogP contribution in [0.15, 0.2) is 58.6 Å². The lowest BCUT2D eigenvalue weighted by Crippen LogP contribution is -2.04. The van der Waals surface area contributed by atoms with Crippen LogP contribution >= 0.6 is 23.4 Å². The first-order valence-electron chi connectivity index (χ1n) is 10.2. The van der Waals surface area contributed by atoms with Gasteiger partial charge in [0.25, 0.3) is 0 Å². The van der Waals surface area contributed by atoms with Crippen LogP contribution in [-0.2, 0) is 11.3 Å². The Morgan fingerprint density at radius 2 is 2.00 bits per heavy atom. The molecule has 2 heterocycles. The lowest BCUT2D eigenvalue weighted by molar-refractivity contribution is 0.0526. The van der Waals surface area contributed by atoms with E-state index in [-0.39, 0.29) is 5.97 Å². The lowest BCUT2D eigenvalue weighted by Gasteiger charge is -2.08. The van der Waals surface area contributed by atoms with Gasteiger partial charge in [-0.3, -0.25) is 4.68 Å². The van der Waals surface area contributed by atoms with Crippen molar-refractivity contribution in [1.29, 1.82) is 0 Å². The Balaban J connectivity index is 1.86. The number of aryl methyl sites for hydroxylation is 2. The van der Waals surface area contributed by atoms with Crippen LogP contribution < -0.4 is 0 Å². The molecule has 2 aromatic carbocycles. The van der Waals surface area contributed by atoms with Crippen LogP contribution in [-0.4, -0.2) is 26.9 Å². The number of esters is 1. The van der Waals surface area contributed by atoms with Gasteiger partial charge in [-0.15, -0.1) is 0 Å². The predicted octanol–water partition coefficient (Wildman–Crippen LogP) is 6.45. The first kappa shape index (κ1) is 21.5. The molecule has 0 N–H and O–H groups in total. The molecule has 0 atom stereocenters. The Labute approximate surface area is 191 Å². The van der Waals surface area contributed by atoms with E-state index in [0.717, 1.165) is 49.2 Å². The third kappa shape index (κ3) is 3.98. The minimum Gasteiger partial charge on any atom is -0.462 e. The van der Waals surface area contributed by atoms with E-state index < -0.39 is 0 Å². The molecule has 7 heteroatoms. The Hall–Kier alpha value is -2.70. The third-order valence-corrected chi connectivity index (χ3v) is 6.88. The highest BCUT2D eigenvalue weighted by molar-refractivity contribution is 7.99. The summed E-state index contributed by atoms with van der Waals surface area (Å²) in [7, 11) is 0. The number of hydrogen-bond donors (Lipinski definition) is 0. The number of aromatic nitrogens is 3. The number of benzene rings is 2. The molecule has 4 rings (SSSR count). The average molecular weight is 454 g/mol. The highest BCUT2D eigenvalue weighted by Gasteiger charge is 2.20. The van der Waals surface area contributed by atoms with Crippen LogP contribution in [0.2, 0.25) is 5.02 Å². The molecule has 0 spiro atoms. The summed E-state index contributed by atoms with van der Waals surface area (Å²) in [6.45, 7) is 9.18. The molecule has 0 unspecified atom stereocenters. The van der Waals surface area contributed by atoms with E-state index in [9.17, 15) is 4.79 Å². The van der Waals surface area contributed by atoms with E-state index in [4.69, 9.17) is 16.3 Å². The zero-order valence-electron chi connectivity index (χ0n) is 18.0. The van der Waals surface area contributed by atoms with Gasteiger partial charge in [-0.2, -0.15) is 5.10 Å². The van der Waals surface area contributed by atoms with Crippen molar-refractivity contribution in [2.24, 2.45) is 0 Å². The van der Waals surface area contributed by atoms with Crippen LogP contribution in [0.25, 0.3) is 16.6 Å². The molecule has 0 aliphatic carbocycles. The molecule has 0 bridgehead atoms. The molecule has 0 saturated carbocycles. The number of fused-ring (bicyclic) bond motifs is 1. The zero-order valence-corrected chi connectivity index (χ0v) is 19.5. The summed E-state index contributed by atoms with van der Waals surface area (Å²) in [6, 6.07) is 11.6. The summed E-state index contributed by atoms with van der Waals surface area (Å²) < 4.78 is 9.28. The van der Waals surface area contributed by atoms with Crippen molar-refractivity contribution in [1.82, 2.24) is 14.3 Å². The molecule has 0 amide bonds. The third-order valence-electron chi connectivity index (χ3n) is 5.26. The molecule has 0 radical (unpaired) electrons. The van der Waals surface area contributed by atoms with Crippen molar-refractivity contribution in [2.75, 3.05) is 6.61 Å². The van der Waals surface area contributed by atoms with Gasteiger partial charge in [-0.1, -0.05) is 35.5 Å². The van der Waals surface area contributed by atoms with E-state index in [0.29, 0.717) is 12.2 Å². The van der Waals surface area contributed by atoms with Gasteiger partial charge in [-0.05, 0) is 57.5 Å². The number of carbonyl (C=O) groups is 1. The summed E-state index contributed by atoms with van der Waals surface area (Å²) >= 11 is 8.13. The van der Waals surface area contributed by atoms with E-state index in [1.165, 1.54) is 0 Å². The SMILES string of the molecule is CCOC(=O)c1cccc(Sc2c(C)n(-c3cnn(CC)c3)c3c(C)c(Cl)ccc23)c1. The van der Waals surface area contributed by atoms with Crippen molar-refractivity contribution < 1.29 is 9.53 Å². The Morgan fingerprint density at radius 1 is 1.19 bits per heavy atom. The first-order valence-corrected chi connectivity index (χ1v) is 11.4. The molecule has 160 valence electrons. The van der Waals surface area contributed by atoms with Crippen molar-refractivity contribution in [3.63, 3.8) is 0 Å². The molecule has 0 fully saturated rings. The van der Waals surface area contributed by atoms with Crippen LogP contribution in [0.1, 0.15) is 35.5 Å². The van der Waals surface area contributed by atoms with Gasteiger partial charge in [0.05, 0.1) is 29.6 Å². The fraction of sp³-hybridized carbons (Fsp3) is 0.250. The van der Waals surface area contributed by atoms with Crippen LogP contribution in [0.3, 0.4) is 0 Å². The quantitative estimate of drug-likeness (QED) is 0.315. The highest BCUT2D eigenvalue weighted by atomic mass is 35.5. The van der Waals surface area contributed by atoms with Crippen molar-refractivity contribution in [3.05, 3.63) is 70.6 Å². The highest BCUT2D eigenvalue weighted by Crippen LogP contribution is 2.42. The fourth-order valence-corrected chi connectivity index (χ4v) is 4.96.